The molecule has 1 saturated heterocycles. The zero-order valence-electron chi connectivity index (χ0n) is 21.7. The second-order valence-electron chi connectivity index (χ2n) is 10.3. The van der Waals surface area contributed by atoms with Gasteiger partial charge < -0.3 is 15.0 Å². The van der Waals surface area contributed by atoms with Crippen molar-refractivity contribution in [3.8, 4) is 11.8 Å². The number of para-hydroxylation sites is 1. The van der Waals surface area contributed by atoms with E-state index in [-0.39, 0.29) is 24.1 Å². The SMILES string of the molecule is N#CCOc1ccc(C(=O)[C@@H]2[C@@H](C(=O)c3cccs3)N3C=Cc4ccccc4[C@@H]3[C@]23C(=O)Nc2ccccc23)cc1. The van der Waals surface area contributed by atoms with E-state index in [2.05, 4.69) is 5.32 Å². The van der Waals surface area contributed by atoms with Crippen molar-refractivity contribution in [2.45, 2.75) is 17.5 Å². The molecule has 0 saturated carbocycles. The number of carbonyl (C=O) groups excluding carboxylic acids is 3. The fourth-order valence-electron chi connectivity index (χ4n) is 6.74. The third kappa shape index (κ3) is 3.59. The number of fused-ring (bicyclic) bond motifs is 6. The van der Waals surface area contributed by atoms with Crippen LogP contribution in [-0.4, -0.2) is 35.0 Å². The van der Waals surface area contributed by atoms with Gasteiger partial charge in [0.2, 0.25) is 5.91 Å². The average molecular weight is 558 g/mol. The van der Waals surface area contributed by atoms with E-state index < -0.39 is 23.4 Å². The number of rotatable bonds is 6. The molecule has 200 valence electrons. The van der Waals surface area contributed by atoms with Gasteiger partial charge in [0.25, 0.3) is 0 Å². The van der Waals surface area contributed by atoms with E-state index in [0.717, 1.165) is 11.1 Å². The lowest BCUT2D eigenvalue weighted by molar-refractivity contribution is -0.122. The molecule has 0 radical (unpaired) electrons. The molecule has 3 aliphatic heterocycles. The van der Waals surface area contributed by atoms with E-state index in [1.54, 1.807) is 30.3 Å². The third-order valence-corrected chi connectivity index (χ3v) is 9.21. The Labute approximate surface area is 240 Å². The molecule has 3 aromatic carbocycles. The minimum Gasteiger partial charge on any atom is -0.479 e. The van der Waals surface area contributed by atoms with Crippen LogP contribution in [0.25, 0.3) is 6.08 Å². The standard InChI is InChI=1S/C33H23N3O4S/c34-16-18-40-22-13-11-21(12-14-22)29(37)27-28(30(38)26-10-5-19-41-26)36-17-15-20-6-1-2-7-23(20)31(36)33(27)24-8-3-4-9-25(24)35-32(33)39/h1-15,17,19,27-28,31H,18H2,(H,35,39)/t27-,28-,31+,33+/m0/s1. The van der Waals surface area contributed by atoms with Crippen molar-refractivity contribution >= 4 is 40.6 Å². The van der Waals surface area contributed by atoms with Crippen LogP contribution in [0.1, 0.15) is 42.8 Å². The molecule has 7 rings (SSSR count). The molecule has 1 N–H and O–H groups in total. The summed E-state index contributed by atoms with van der Waals surface area (Å²) >= 11 is 1.32. The summed E-state index contributed by atoms with van der Waals surface area (Å²) < 4.78 is 5.39. The van der Waals surface area contributed by atoms with Crippen LogP contribution in [0, 0.1) is 17.2 Å². The second kappa shape index (κ2) is 9.58. The first kappa shape index (κ1) is 25.0. The normalized spacial score (nSPS) is 23.3. The topological polar surface area (TPSA) is 99.5 Å². The maximum atomic E-state index is 14.8. The number of hydrogen-bond donors (Lipinski definition) is 1. The van der Waals surface area contributed by atoms with E-state index in [1.165, 1.54) is 11.3 Å². The number of carbonyl (C=O) groups is 3. The molecule has 8 heteroatoms. The van der Waals surface area contributed by atoms with Crippen LogP contribution in [-0.2, 0) is 10.2 Å². The van der Waals surface area contributed by atoms with Crippen LogP contribution >= 0.6 is 11.3 Å². The monoisotopic (exact) mass is 557 g/mol. The lowest BCUT2D eigenvalue weighted by Gasteiger charge is -2.38. The van der Waals surface area contributed by atoms with Gasteiger partial charge in [-0.2, -0.15) is 5.26 Å². The summed E-state index contributed by atoms with van der Waals surface area (Å²) in [5.74, 6) is -1.39. The third-order valence-electron chi connectivity index (χ3n) is 8.33. The van der Waals surface area contributed by atoms with Crippen molar-refractivity contribution < 1.29 is 19.1 Å². The molecule has 1 spiro atoms. The molecule has 1 fully saturated rings. The average Bonchev–Trinajstić information content (AvgIpc) is 3.72. The first-order valence-corrected chi connectivity index (χ1v) is 14.1. The van der Waals surface area contributed by atoms with Gasteiger partial charge >= 0.3 is 0 Å². The number of benzene rings is 3. The first-order chi connectivity index (χ1) is 20.1. The summed E-state index contributed by atoms with van der Waals surface area (Å²) in [4.78, 5) is 46.0. The number of thiophene rings is 1. The lowest BCUT2D eigenvalue weighted by atomic mass is 9.63. The Bertz CT molecular complexity index is 1770. The van der Waals surface area contributed by atoms with Crippen molar-refractivity contribution in [3.63, 3.8) is 0 Å². The van der Waals surface area contributed by atoms with Gasteiger partial charge in [0, 0.05) is 17.5 Å². The molecule has 4 atom stereocenters. The number of amides is 1. The molecule has 4 heterocycles. The second-order valence-corrected chi connectivity index (χ2v) is 11.2. The summed E-state index contributed by atoms with van der Waals surface area (Å²) in [5.41, 5.74) is 2.17. The number of nitrogens with zero attached hydrogens (tertiary/aromatic N) is 2. The summed E-state index contributed by atoms with van der Waals surface area (Å²) in [6, 6.07) is 25.8. The fraction of sp³-hybridized carbons (Fsp3) is 0.152. The highest BCUT2D eigenvalue weighted by Gasteiger charge is 2.70. The number of hydrogen-bond acceptors (Lipinski definition) is 7. The van der Waals surface area contributed by atoms with Gasteiger partial charge in [-0.15, -0.1) is 11.3 Å². The maximum Gasteiger partial charge on any atom is 0.238 e. The fourth-order valence-corrected chi connectivity index (χ4v) is 7.44. The van der Waals surface area contributed by atoms with Crippen LogP contribution in [0.4, 0.5) is 5.69 Å². The van der Waals surface area contributed by atoms with Crippen LogP contribution in [0.3, 0.4) is 0 Å². The highest BCUT2D eigenvalue weighted by molar-refractivity contribution is 7.12. The summed E-state index contributed by atoms with van der Waals surface area (Å²) in [7, 11) is 0. The van der Waals surface area contributed by atoms with Crippen LogP contribution in [0.15, 0.2) is 96.5 Å². The molecule has 1 aromatic heterocycles. The predicted molar refractivity (Wildman–Crippen MR) is 155 cm³/mol. The molecule has 3 aliphatic rings. The molecule has 7 nitrogen and oxygen atoms in total. The number of nitrogens with one attached hydrogen (secondary N) is 1. The first-order valence-electron chi connectivity index (χ1n) is 13.2. The van der Waals surface area contributed by atoms with Gasteiger partial charge in [-0.1, -0.05) is 48.5 Å². The van der Waals surface area contributed by atoms with Crippen molar-refractivity contribution in [1.82, 2.24) is 4.90 Å². The summed E-state index contributed by atoms with van der Waals surface area (Å²) in [5, 5.41) is 13.8. The lowest BCUT2D eigenvalue weighted by Crippen LogP contribution is -2.49. The number of nitriles is 1. The van der Waals surface area contributed by atoms with Crippen LogP contribution in [0.5, 0.6) is 5.75 Å². The zero-order valence-corrected chi connectivity index (χ0v) is 22.5. The summed E-state index contributed by atoms with van der Waals surface area (Å²) in [6.45, 7) is -0.115. The predicted octanol–water partition coefficient (Wildman–Crippen LogP) is 5.63. The van der Waals surface area contributed by atoms with Crippen LogP contribution < -0.4 is 10.1 Å². The number of Topliss-reactive ketones (excluding diaryl/α,β-unsaturated/α-hetero) is 2. The Morgan fingerprint density at radius 3 is 2.54 bits per heavy atom. The molecule has 1 amide bonds. The van der Waals surface area contributed by atoms with Crippen molar-refractivity contribution in [2.24, 2.45) is 5.92 Å². The van der Waals surface area contributed by atoms with Gasteiger partial charge in [-0.3, -0.25) is 14.4 Å². The Hall–Kier alpha value is -5.00. The van der Waals surface area contributed by atoms with Crippen LogP contribution in [0.2, 0.25) is 0 Å². The number of anilines is 1. The van der Waals surface area contributed by atoms with Gasteiger partial charge in [-0.25, -0.2) is 0 Å². The molecular formula is C33H23N3O4S. The largest absolute Gasteiger partial charge is 0.479 e. The van der Waals surface area contributed by atoms with E-state index in [4.69, 9.17) is 10.00 Å². The molecule has 41 heavy (non-hydrogen) atoms. The maximum absolute atomic E-state index is 14.8. The van der Waals surface area contributed by atoms with Crippen molar-refractivity contribution in [1.29, 1.82) is 5.26 Å². The van der Waals surface area contributed by atoms with Crippen molar-refractivity contribution in [3.05, 3.63) is 124 Å². The molecule has 0 bridgehead atoms. The Balaban J connectivity index is 1.48. The number of ether oxygens (including phenoxy) is 1. The minimum atomic E-state index is -1.37. The highest BCUT2D eigenvalue weighted by atomic mass is 32.1. The quantitative estimate of drug-likeness (QED) is 0.309. The summed E-state index contributed by atoms with van der Waals surface area (Å²) in [6.07, 6.45) is 3.81. The Kier molecular flexibility index (Phi) is 5.84. The highest BCUT2D eigenvalue weighted by Crippen LogP contribution is 2.62. The van der Waals surface area contributed by atoms with E-state index in [1.807, 2.05) is 83.2 Å². The molecule has 0 unspecified atom stereocenters. The number of ketones is 2. The van der Waals surface area contributed by atoms with E-state index in [9.17, 15) is 14.4 Å². The van der Waals surface area contributed by atoms with Gasteiger partial charge in [-0.05, 0) is 64.5 Å². The Morgan fingerprint density at radius 2 is 1.76 bits per heavy atom. The zero-order chi connectivity index (χ0) is 28.1. The Morgan fingerprint density at radius 1 is 0.976 bits per heavy atom. The van der Waals surface area contributed by atoms with Gasteiger partial charge in [0.05, 0.1) is 16.8 Å². The smallest absolute Gasteiger partial charge is 0.238 e. The van der Waals surface area contributed by atoms with Gasteiger partial charge in [0.15, 0.2) is 18.2 Å². The van der Waals surface area contributed by atoms with Gasteiger partial charge in [0.1, 0.15) is 23.3 Å². The van der Waals surface area contributed by atoms with Crippen molar-refractivity contribution in [2.75, 3.05) is 11.9 Å². The molecule has 0 aliphatic carbocycles. The molecule has 4 aromatic rings. The molecular weight excluding hydrogens is 534 g/mol. The minimum absolute atomic E-state index is 0.115. The van der Waals surface area contributed by atoms with E-state index >= 15 is 0 Å². The van der Waals surface area contributed by atoms with E-state index in [0.29, 0.717) is 27.4 Å².